The van der Waals surface area contributed by atoms with Crippen molar-refractivity contribution >= 4 is 29.1 Å². The van der Waals surface area contributed by atoms with Crippen LogP contribution in [0.4, 0.5) is 5.69 Å². The van der Waals surface area contributed by atoms with Gasteiger partial charge in [-0.15, -0.1) is 0 Å². The lowest BCUT2D eigenvalue weighted by molar-refractivity contribution is -0.144. The minimum Gasteiger partial charge on any atom is -0.511 e. The summed E-state index contributed by atoms with van der Waals surface area (Å²) in [4.78, 5) is 53.4. The van der Waals surface area contributed by atoms with Crippen molar-refractivity contribution in [3.05, 3.63) is 45.4 Å². The molecule has 0 bridgehead atoms. The molecule has 198 valence electrons. The Balaban J connectivity index is 1.92. The highest BCUT2D eigenvalue weighted by Gasteiger charge is 2.59. The van der Waals surface area contributed by atoms with Crippen molar-refractivity contribution < 1.29 is 39.6 Å². The van der Waals surface area contributed by atoms with Crippen molar-refractivity contribution in [3.63, 3.8) is 0 Å². The van der Waals surface area contributed by atoms with E-state index in [4.69, 9.17) is 5.73 Å². The van der Waals surface area contributed by atoms with Crippen molar-refractivity contribution in [3.8, 4) is 5.75 Å². The number of ketones is 2. The van der Waals surface area contributed by atoms with Crippen LogP contribution in [0.15, 0.2) is 28.7 Å². The maximum atomic E-state index is 13.8. The molecule has 0 spiro atoms. The van der Waals surface area contributed by atoms with Gasteiger partial charge in [-0.25, -0.2) is 0 Å². The molecule has 37 heavy (non-hydrogen) atoms. The SMILES string of the molecule is CN(C)c1cc(C(=O)NC(C)(C)C)c(O)c2c1C[C@H]1C[C@H]3CC(O)=C(C(N)=O)C(=O)[C@@]3(O)C(O)=C1C2=O. The third-order valence-electron chi connectivity index (χ3n) is 7.25. The second kappa shape index (κ2) is 8.34. The molecule has 0 fully saturated rings. The maximum absolute atomic E-state index is 13.8. The summed E-state index contributed by atoms with van der Waals surface area (Å²) in [5.41, 5.74) is 1.45. The van der Waals surface area contributed by atoms with Gasteiger partial charge in [0, 0.05) is 43.2 Å². The summed E-state index contributed by atoms with van der Waals surface area (Å²) in [5, 5.41) is 46.7. The van der Waals surface area contributed by atoms with E-state index in [-0.39, 0.29) is 36.0 Å². The Morgan fingerprint density at radius 3 is 2.30 bits per heavy atom. The van der Waals surface area contributed by atoms with Gasteiger partial charge in [-0.2, -0.15) is 0 Å². The monoisotopic (exact) mass is 513 g/mol. The Morgan fingerprint density at radius 2 is 1.76 bits per heavy atom. The molecule has 3 aliphatic rings. The van der Waals surface area contributed by atoms with Gasteiger partial charge < -0.3 is 36.4 Å². The van der Waals surface area contributed by atoms with E-state index in [0.717, 1.165) is 0 Å². The van der Waals surface area contributed by atoms with Gasteiger partial charge in [-0.05, 0) is 51.2 Å². The summed E-state index contributed by atoms with van der Waals surface area (Å²) >= 11 is 0. The number of hydrogen-bond acceptors (Lipinski definition) is 9. The van der Waals surface area contributed by atoms with Gasteiger partial charge in [0.1, 0.15) is 22.8 Å². The molecule has 0 unspecified atom stereocenters. The van der Waals surface area contributed by atoms with E-state index in [1.807, 2.05) is 0 Å². The van der Waals surface area contributed by atoms with Crippen LogP contribution in [0.2, 0.25) is 0 Å². The number of benzene rings is 1. The number of Topliss-reactive ketones (excluding diaryl/α,β-unsaturated/α-hetero) is 2. The highest BCUT2D eigenvalue weighted by atomic mass is 16.3. The lowest BCUT2D eigenvalue weighted by Crippen LogP contribution is -2.57. The molecular weight excluding hydrogens is 482 g/mol. The van der Waals surface area contributed by atoms with Gasteiger partial charge in [0.15, 0.2) is 11.4 Å². The summed E-state index contributed by atoms with van der Waals surface area (Å²) < 4.78 is 0. The van der Waals surface area contributed by atoms with Crippen LogP contribution in [0.3, 0.4) is 0 Å². The fraction of sp³-hybridized carbons (Fsp3) is 0.462. The van der Waals surface area contributed by atoms with Gasteiger partial charge in [-0.3, -0.25) is 19.2 Å². The fourth-order valence-corrected chi connectivity index (χ4v) is 5.65. The number of rotatable bonds is 3. The minimum absolute atomic E-state index is 0.0306. The number of amides is 2. The molecule has 2 amide bonds. The average molecular weight is 514 g/mol. The normalized spacial score (nSPS) is 25.4. The predicted molar refractivity (Wildman–Crippen MR) is 132 cm³/mol. The standard InChI is InChI=1S/C26H31N3O8/c1-25(2,3)28-24(36)13-9-14(29(4)5)12-7-10-6-11-8-15(30)18(23(27)35)22(34)26(11,37)21(33)16(10)20(32)17(12)19(13)31/h9-11,30-31,33,37H,6-8H2,1-5H3,(H2,27,35)(H,28,36)/t10-,11+,26+/m1/s1. The lowest BCUT2D eigenvalue weighted by Gasteiger charge is -2.45. The molecule has 4 rings (SSSR count). The highest BCUT2D eigenvalue weighted by molar-refractivity contribution is 6.24. The molecule has 0 saturated heterocycles. The number of nitrogens with two attached hydrogens (primary N) is 1. The number of hydrogen-bond donors (Lipinski definition) is 6. The molecule has 1 aromatic carbocycles. The van der Waals surface area contributed by atoms with E-state index in [1.54, 1.807) is 39.8 Å². The molecule has 0 radical (unpaired) electrons. The van der Waals surface area contributed by atoms with Crippen LogP contribution in [-0.2, 0) is 16.0 Å². The zero-order valence-corrected chi connectivity index (χ0v) is 21.3. The summed E-state index contributed by atoms with van der Waals surface area (Å²) in [6.07, 6.45) is -0.119. The molecule has 0 aromatic heterocycles. The molecule has 11 nitrogen and oxygen atoms in total. The van der Waals surface area contributed by atoms with Crippen molar-refractivity contribution in [1.82, 2.24) is 5.32 Å². The number of phenols is 1. The van der Waals surface area contributed by atoms with Gasteiger partial charge >= 0.3 is 0 Å². The predicted octanol–water partition coefficient (Wildman–Crippen LogP) is 1.17. The van der Waals surface area contributed by atoms with Crippen molar-refractivity contribution in [2.75, 3.05) is 19.0 Å². The third-order valence-corrected chi connectivity index (χ3v) is 7.25. The summed E-state index contributed by atoms with van der Waals surface area (Å²) in [6.45, 7) is 5.29. The van der Waals surface area contributed by atoms with Crippen LogP contribution in [0, 0.1) is 11.8 Å². The fourth-order valence-electron chi connectivity index (χ4n) is 5.65. The molecule has 3 aliphatic carbocycles. The van der Waals surface area contributed by atoms with Crippen molar-refractivity contribution in [2.45, 2.75) is 51.2 Å². The van der Waals surface area contributed by atoms with Gasteiger partial charge in [0.2, 0.25) is 5.78 Å². The van der Waals surface area contributed by atoms with E-state index in [2.05, 4.69) is 5.32 Å². The Morgan fingerprint density at radius 1 is 1.14 bits per heavy atom. The Labute approximate surface area is 213 Å². The first-order valence-corrected chi connectivity index (χ1v) is 11.9. The van der Waals surface area contributed by atoms with E-state index in [1.165, 1.54) is 6.07 Å². The smallest absolute Gasteiger partial charge is 0.255 e. The largest absolute Gasteiger partial charge is 0.511 e. The molecule has 11 heteroatoms. The third kappa shape index (κ3) is 3.85. The number of fused-ring (bicyclic) bond motifs is 3. The first-order chi connectivity index (χ1) is 17.0. The quantitative estimate of drug-likeness (QED) is 0.322. The van der Waals surface area contributed by atoms with Gasteiger partial charge in [0.05, 0.1) is 11.1 Å². The maximum Gasteiger partial charge on any atom is 0.255 e. The highest BCUT2D eigenvalue weighted by Crippen LogP contribution is 2.52. The zero-order valence-electron chi connectivity index (χ0n) is 21.3. The second-order valence-electron chi connectivity index (χ2n) is 11.2. The topological polar surface area (TPSA) is 190 Å². The van der Waals surface area contributed by atoms with Crippen LogP contribution in [0.5, 0.6) is 5.75 Å². The molecule has 3 atom stereocenters. The number of aromatic hydroxyl groups is 1. The number of anilines is 1. The number of phenolic OH excluding ortho intramolecular Hbond substituents is 1. The number of nitrogens with zero attached hydrogens (tertiary/aromatic N) is 1. The summed E-state index contributed by atoms with van der Waals surface area (Å²) in [5.74, 6) is -7.76. The van der Waals surface area contributed by atoms with E-state index in [0.29, 0.717) is 11.3 Å². The minimum atomic E-state index is -2.64. The van der Waals surface area contributed by atoms with Gasteiger partial charge in [-0.1, -0.05) is 0 Å². The Hall–Kier alpha value is -3.86. The van der Waals surface area contributed by atoms with Crippen LogP contribution in [0.25, 0.3) is 0 Å². The molecule has 1 aromatic rings. The van der Waals surface area contributed by atoms with Crippen LogP contribution in [0.1, 0.15) is 59.9 Å². The summed E-state index contributed by atoms with van der Waals surface area (Å²) in [6, 6.07) is 1.49. The zero-order chi connectivity index (χ0) is 27.8. The average Bonchev–Trinajstić information content (AvgIpc) is 2.74. The molecule has 7 N–H and O–H groups in total. The molecule has 0 heterocycles. The molecule has 0 aliphatic heterocycles. The van der Waals surface area contributed by atoms with E-state index >= 15 is 0 Å². The number of primary amides is 1. The first-order valence-electron chi connectivity index (χ1n) is 11.9. The summed E-state index contributed by atoms with van der Waals surface area (Å²) in [7, 11) is 3.44. The van der Waals surface area contributed by atoms with Crippen LogP contribution in [-0.4, -0.2) is 69.0 Å². The number of aliphatic hydroxyl groups is 3. The number of allylic oxidation sites excluding steroid dienone is 2. The first kappa shape index (κ1) is 26.2. The Bertz CT molecular complexity index is 1330. The number of carbonyl (C=O) groups excluding carboxylic acids is 4. The number of aliphatic hydroxyl groups excluding tert-OH is 2. The van der Waals surface area contributed by atoms with Gasteiger partial charge in [0.25, 0.3) is 11.8 Å². The number of carbonyl (C=O) groups is 4. The lowest BCUT2D eigenvalue weighted by atomic mass is 9.60. The molecule has 0 saturated carbocycles. The van der Waals surface area contributed by atoms with E-state index in [9.17, 15) is 39.6 Å². The van der Waals surface area contributed by atoms with E-state index < -0.39 is 69.2 Å². The Kier molecular flexibility index (Phi) is 5.91. The van der Waals surface area contributed by atoms with Crippen molar-refractivity contribution in [2.24, 2.45) is 17.6 Å². The molecular formula is C26H31N3O8. The van der Waals surface area contributed by atoms with Crippen LogP contribution >= 0.6 is 0 Å². The second-order valence-corrected chi connectivity index (χ2v) is 11.2. The van der Waals surface area contributed by atoms with Crippen LogP contribution < -0.4 is 16.0 Å². The van der Waals surface area contributed by atoms with Crippen molar-refractivity contribution in [1.29, 1.82) is 0 Å². The number of nitrogens with one attached hydrogen (secondary N) is 1.